The minimum absolute atomic E-state index is 0.0528. The summed E-state index contributed by atoms with van der Waals surface area (Å²) in [6.07, 6.45) is 3.86. The van der Waals surface area contributed by atoms with E-state index < -0.39 is 9.73 Å². The molecule has 9 heteroatoms. The number of nitrogens with one attached hydrogen (secondary N) is 2. The van der Waals surface area contributed by atoms with Crippen LogP contribution in [0.4, 0.5) is 11.6 Å². The van der Waals surface area contributed by atoms with Crippen molar-refractivity contribution in [1.29, 1.82) is 4.78 Å². The standard InChI is InChI=1S/C24H33N5O3S/c1-4-10-18(11-5-2)23(31)26-21-19-15-20(30)29(16-17-12-8-7-9-13-17)22(19)28-24(27-21)33(25,32)14-6-3/h7-9,12-13,18,25H,4-6,10-11,14-16H2,1-3H3,(H,26,27,28,31). The van der Waals surface area contributed by atoms with Gasteiger partial charge >= 0.3 is 0 Å². The van der Waals surface area contributed by atoms with E-state index in [0.29, 0.717) is 24.3 Å². The van der Waals surface area contributed by atoms with Gasteiger partial charge < -0.3 is 5.32 Å². The normalized spacial score (nSPS) is 14.9. The van der Waals surface area contributed by atoms with Crippen LogP contribution >= 0.6 is 0 Å². The van der Waals surface area contributed by atoms with Crippen LogP contribution in [0.1, 0.15) is 64.0 Å². The van der Waals surface area contributed by atoms with Gasteiger partial charge in [0.15, 0.2) is 0 Å². The Balaban J connectivity index is 2.04. The lowest BCUT2D eigenvalue weighted by Gasteiger charge is -2.19. The quantitative estimate of drug-likeness (QED) is 0.467. The first kappa shape index (κ1) is 24.8. The molecule has 178 valence electrons. The minimum Gasteiger partial charge on any atom is -0.310 e. The van der Waals surface area contributed by atoms with Crippen LogP contribution in [0, 0.1) is 10.7 Å². The van der Waals surface area contributed by atoms with Gasteiger partial charge in [0.25, 0.3) is 0 Å². The molecule has 1 aliphatic heterocycles. The number of anilines is 2. The summed E-state index contributed by atoms with van der Waals surface area (Å²) in [6.45, 7) is 6.22. The number of nitrogens with zero attached hydrogens (tertiary/aromatic N) is 3. The van der Waals surface area contributed by atoms with Crippen LogP contribution in [-0.4, -0.2) is 31.7 Å². The van der Waals surface area contributed by atoms with Crippen LogP contribution in [0.25, 0.3) is 0 Å². The molecule has 0 saturated heterocycles. The van der Waals surface area contributed by atoms with Crippen LogP contribution in [-0.2, 0) is 32.3 Å². The Kier molecular flexibility index (Phi) is 8.18. The van der Waals surface area contributed by atoms with E-state index in [0.717, 1.165) is 31.2 Å². The van der Waals surface area contributed by atoms with E-state index in [1.165, 1.54) is 4.90 Å². The zero-order valence-electron chi connectivity index (χ0n) is 19.6. The molecular weight excluding hydrogens is 438 g/mol. The number of hydrogen-bond donors (Lipinski definition) is 2. The van der Waals surface area contributed by atoms with Crippen molar-refractivity contribution in [2.45, 2.75) is 71.0 Å². The molecular formula is C24H33N5O3S. The third-order valence-electron chi connectivity index (χ3n) is 5.71. The van der Waals surface area contributed by atoms with Crippen LogP contribution in [0.5, 0.6) is 0 Å². The lowest BCUT2D eigenvalue weighted by molar-refractivity contribution is -0.120. The molecule has 0 aliphatic carbocycles. The lowest BCUT2D eigenvalue weighted by atomic mass is 9.97. The largest absolute Gasteiger partial charge is 0.310 e. The van der Waals surface area contributed by atoms with Crippen molar-refractivity contribution in [3.05, 3.63) is 41.5 Å². The fourth-order valence-corrected chi connectivity index (χ4v) is 5.31. The Labute approximate surface area is 196 Å². The summed E-state index contributed by atoms with van der Waals surface area (Å²) >= 11 is 0. The Morgan fingerprint density at radius 1 is 1.12 bits per heavy atom. The number of fused-ring (bicyclic) bond motifs is 1. The molecule has 2 amide bonds. The van der Waals surface area contributed by atoms with Gasteiger partial charge in [-0.05, 0) is 24.8 Å². The van der Waals surface area contributed by atoms with Crippen LogP contribution in [0.3, 0.4) is 0 Å². The summed E-state index contributed by atoms with van der Waals surface area (Å²) < 4.78 is 21.4. The summed E-state index contributed by atoms with van der Waals surface area (Å²) in [5, 5.41) is 2.76. The van der Waals surface area contributed by atoms with E-state index in [9.17, 15) is 13.8 Å². The molecule has 2 heterocycles. The number of carbonyl (C=O) groups excluding carboxylic acids is 2. The fourth-order valence-electron chi connectivity index (χ4n) is 4.08. The van der Waals surface area contributed by atoms with Gasteiger partial charge in [0.05, 0.1) is 13.0 Å². The number of benzene rings is 1. The van der Waals surface area contributed by atoms with Crippen molar-refractivity contribution < 1.29 is 13.8 Å². The highest BCUT2D eigenvalue weighted by Gasteiger charge is 2.35. The maximum atomic E-state index is 13.0. The monoisotopic (exact) mass is 471 g/mol. The van der Waals surface area contributed by atoms with Crippen molar-refractivity contribution in [3.8, 4) is 0 Å². The Morgan fingerprint density at radius 3 is 2.39 bits per heavy atom. The highest BCUT2D eigenvalue weighted by Crippen LogP contribution is 2.34. The predicted octanol–water partition coefficient (Wildman–Crippen LogP) is 4.54. The number of hydrogen-bond acceptors (Lipinski definition) is 6. The number of rotatable bonds is 11. The molecule has 1 unspecified atom stereocenters. The molecule has 8 nitrogen and oxygen atoms in total. The van der Waals surface area contributed by atoms with Gasteiger partial charge in [-0.25, -0.2) is 19.0 Å². The second-order valence-corrected chi connectivity index (χ2v) is 10.6. The molecule has 2 N–H and O–H groups in total. The van der Waals surface area contributed by atoms with Crippen molar-refractivity contribution >= 4 is 33.2 Å². The molecule has 0 bridgehead atoms. The predicted molar refractivity (Wildman–Crippen MR) is 130 cm³/mol. The average molecular weight is 472 g/mol. The van der Waals surface area contributed by atoms with E-state index in [1.807, 2.05) is 51.1 Å². The Morgan fingerprint density at radius 2 is 1.79 bits per heavy atom. The van der Waals surface area contributed by atoms with E-state index in [2.05, 4.69) is 15.3 Å². The molecule has 0 radical (unpaired) electrons. The lowest BCUT2D eigenvalue weighted by Crippen LogP contribution is -2.27. The summed E-state index contributed by atoms with van der Waals surface area (Å²) in [7, 11) is -3.26. The zero-order chi connectivity index (χ0) is 24.0. The summed E-state index contributed by atoms with van der Waals surface area (Å²) in [6, 6.07) is 9.53. The van der Waals surface area contributed by atoms with Crippen molar-refractivity contribution in [3.63, 3.8) is 0 Å². The zero-order valence-corrected chi connectivity index (χ0v) is 20.4. The Bertz CT molecular complexity index is 1100. The van der Waals surface area contributed by atoms with Crippen LogP contribution in [0.15, 0.2) is 35.5 Å². The van der Waals surface area contributed by atoms with Crippen molar-refractivity contribution in [2.24, 2.45) is 5.92 Å². The SMILES string of the molecule is CCCC(CCC)C(=O)Nc1nc(S(=N)(=O)CCC)nc2c1CC(=O)N2Cc1ccccc1. The molecule has 1 aromatic heterocycles. The minimum atomic E-state index is -3.26. The topological polar surface area (TPSA) is 116 Å². The smallest absolute Gasteiger partial charge is 0.233 e. The van der Waals surface area contributed by atoms with Gasteiger partial charge in [0, 0.05) is 17.2 Å². The summed E-state index contributed by atoms with van der Waals surface area (Å²) in [4.78, 5) is 36.3. The molecule has 3 rings (SSSR count). The molecule has 0 saturated carbocycles. The summed E-state index contributed by atoms with van der Waals surface area (Å²) in [5.41, 5.74) is 1.45. The number of aromatic nitrogens is 2. The van der Waals surface area contributed by atoms with Crippen LogP contribution < -0.4 is 10.2 Å². The Hall–Kier alpha value is -2.81. The second kappa shape index (κ2) is 10.9. The first-order valence-electron chi connectivity index (χ1n) is 11.6. The molecule has 2 aromatic rings. The number of carbonyl (C=O) groups is 2. The first-order chi connectivity index (χ1) is 15.8. The molecule has 1 atom stereocenters. The second-order valence-electron chi connectivity index (χ2n) is 8.44. The van der Waals surface area contributed by atoms with Gasteiger partial charge in [-0.15, -0.1) is 0 Å². The first-order valence-corrected chi connectivity index (χ1v) is 13.4. The number of amides is 2. The van der Waals surface area contributed by atoms with Gasteiger partial charge in [0.2, 0.25) is 17.0 Å². The molecule has 0 spiro atoms. The van der Waals surface area contributed by atoms with Gasteiger partial charge in [0.1, 0.15) is 21.4 Å². The highest BCUT2D eigenvalue weighted by molar-refractivity contribution is 7.92. The maximum absolute atomic E-state index is 13.0. The third kappa shape index (κ3) is 5.76. The van der Waals surface area contributed by atoms with E-state index in [1.54, 1.807) is 0 Å². The highest BCUT2D eigenvalue weighted by atomic mass is 32.2. The fraction of sp³-hybridized carbons (Fsp3) is 0.500. The summed E-state index contributed by atoms with van der Waals surface area (Å²) in [5.74, 6) is 0.163. The van der Waals surface area contributed by atoms with Gasteiger partial charge in [-0.1, -0.05) is 63.9 Å². The molecule has 1 aromatic carbocycles. The maximum Gasteiger partial charge on any atom is 0.233 e. The molecule has 1 aliphatic rings. The average Bonchev–Trinajstić information content (AvgIpc) is 3.10. The van der Waals surface area contributed by atoms with Gasteiger partial charge in [-0.2, -0.15) is 0 Å². The van der Waals surface area contributed by atoms with Gasteiger partial charge in [-0.3, -0.25) is 14.5 Å². The van der Waals surface area contributed by atoms with Crippen molar-refractivity contribution in [1.82, 2.24) is 9.97 Å². The van der Waals surface area contributed by atoms with Crippen LogP contribution in [0.2, 0.25) is 0 Å². The van der Waals surface area contributed by atoms with E-state index >= 15 is 0 Å². The molecule has 0 fully saturated rings. The van der Waals surface area contributed by atoms with Crippen molar-refractivity contribution in [2.75, 3.05) is 16.0 Å². The molecule has 33 heavy (non-hydrogen) atoms. The van der Waals surface area contributed by atoms with E-state index in [-0.39, 0.29) is 40.9 Å². The third-order valence-corrected chi connectivity index (χ3v) is 7.46. The van der Waals surface area contributed by atoms with E-state index in [4.69, 9.17) is 4.78 Å².